The van der Waals surface area contributed by atoms with Gasteiger partial charge in [-0.1, -0.05) is 36.4 Å². The summed E-state index contributed by atoms with van der Waals surface area (Å²) in [6, 6.07) is 16.1. The largest absolute Gasteiger partial charge is 0.322 e. The monoisotopic (exact) mass is 381 g/mol. The van der Waals surface area contributed by atoms with Crippen LogP contribution in [-0.4, -0.2) is 30.4 Å². The van der Waals surface area contributed by atoms with E-state index in [-0.39, 0.29) is 10.8 Å². The average molecular weight is 381 g/mol. The van der Waals surface area contributed by atoms with Gasteiger partial charge in [0.05, 0.1) is 17.6 Å². The highest BCUT2D eigenvalue weighted by Gasteiger charge is 2.08. The van der Waals surface area contributed by atoms with Crippen molar-refractivity contribution in [2.45, 2.75) is 11.4 Å². The van der Waals surface area contributed by atoms with Gasteiger partial charge in [0.2, 0.25) is 5.91 Å². The molecule has 0 aliphatic rings. The number of rotatable bonds is 6. The molecule has 0 saturated heterocycles. The van der Waals surface area contributed by atoms with Crippen molar-refractivity contribution in [3.63, 3.8) is 0 Å². The molecular weight excluding hydrogens is 362 g/mol. The Hall–Kier alpha value is -3.19. The van der Waals surface area contributed by atoms with Crippen molar-refractivity contribution in [1.82, 2.24) is 9.78 Å². The fourth-order valence-corrected chi connectivity index (χ4v) is 3.15. The fraction of sp³-hybridized carbons (Fsp3) is 0.100. The van der Waals surface area contributed by atoms with E-state index < -0.39 is 9.84 Å². The van der Waals surface area contributed by atoms with Gasteiger partial charge in [-0.2, -0.15) is 5.10 Å². The topological polar surface area (TPSA) is 81.1 Å². The Bertz CT molecular complexity index is 1070. The molecular formula is C20H19N3O3S. The minimum atomic E-state index is -3.32. The Morgan fingerprint density at radius 2 is 1.93 bits per heavy atom. The first-order chi connectivity index (χ1) is 12.9. The van der Waals surface area contributed by atoms with Gasteiger partial charge in [-0.05, 0) is 29.8 Å². The predicted molar refractivity (Wildman–Crippen MR) is 105 cm³/mol. The quantitative estimate of drug-likeness (QED) is 0.666. The van der Waals surface area contributed by atoms with Crippen molar-refractivity contribution in [3.05, 3.63) is 84.2 Å². The van der Waals surface area contributed by atoms with Crippen LogP contribution in [-0.2, 0) is 21.2 Å². The van der Waals surface area contributed by atoms with Crippen molar-refractivity contribution >= 4 is 27.5 Å². The molecule has 1 N–H and O–H groups in total. The average Bonchev–Trinajstić information content (AvgIpc) is 3.08. The Labute approximate surface area is 158 Å². The molecule has 0 fully saturated rings. The number of nitrogens with zero attached hydrogens (tertiary/aromatic N) is 2. The summed E-state index contributed by atoms with van der Waals surface area (Å²) in [6.45, 7) is 0.652. The zero-order chi connectivity index (χ0) is 19.3. The lowest BCUT2D eigenvalue weighted by Crippen LogP contribution is -2.08. The Morgan fingerprint density at radius 1 is 1.15 bits per heavy atom. The second-order valence-corrected chi connectivity index (χ2v) is 8.10. The highest BCUT2D eigenvalue weighted by molar-refractivity contribution is 7.90. The van der Waals surface area contributed by atoms with Crippen molar-refractivity contribution in [3.8, 4) is 0 Å². The molecule has 0 aliphatic heterocycles. The Kier molecular flexibility index (Phi) is 5.52. The van der Waals surface area contributed by atoms with E-state index in [4.69, 9.17) is 0 Å². The zero-order valence-electron chi connectivity index (χ0n) is 14.7. The van der Waals surface area contributed by atoms with Crippen LogP contribution in [0.25, 0.3) is 6.08 Å². The van der Waals surface area contributed by atoms with Crippen LogP contribution in [0, 0.1) is 0 Å². The third kappa shape index (κ3) is 5.39. The van der Waals surface area contributed by atoms with Gasteiger partial charge in [-0.25, -0.2) is 8.42 Å². The summed E-state index contributed by atoms with van der Waals surface area (Å²) >= 11 is 0. The Balaban J connectivity index is 1.62. The van der Waals surface area contributed by atoms with Crippen LogP contribution in [0.15, 0.2) is 78.0 Å². The van der Waals surface area contributed by atoms with Gasteiger partial charge in [0.15, 0.2) is 9.84 Å². The second kappa shape index (κ2) is 8.01. The molecule has 0 radical (unpaired) electrons. The number of carbonyl (C=O) groups excluding carboxylic acids is 1. The lowest BCUT2D eigenvalue weighted by Gasteiger charge is -2.04. The summed E-state index contributed by atoms with van der Waals surface area (Å²) in [6.07, 6.45) is 7.69. The molecule has 1 amide bonds. The molecule has 27 heavy (non-hydrogen) atoms. The molecule has 6 nitrogen and oxygen atoms in total. The Morgan fingerprint density at radius 3 is 2.67 bits per heavy atom. The fourth-order valence-electron chi connectivity index (χ4n) is 2.48. The lowest BCUT2D eigenvalue weighted by molar-refractivity contribution is -0.111. The summed E-state index contributed by atoms with van der Waals surface area (Å²) in [5.41, 5.74) is 2.36. The molecule has 138 valence electrons. The summed E-state index contributed by atoms with van der Waals surface area (Å²) in [5, 5.41) is 6.93. The van der Waals surface area contributed by atoms with Crippen LogP contribution in [0.5, 0.6) is 0 Å². The maximum absolute atomic E-state index is 12.1. The SMILES string of the molecule is CS(=O)(=O)c1cccc(NC(=O)/C=C/c2cnn(Cc3ccccc3)c2)c1. The molecule has 0 unspecified atom stereocenters. The molecule has 3 aromatic rings. The van der Waals surface area contributed by atoms with Crippen molar-refractivity contribution < 1.29 is 13.2 Å². The van der Waals surface area contributed by atoms with E-state index >= 15 is 0 Å². The normalized spacial score (nSPS) is 11.6. The predicted octanol–water partition coefficient (Wildman–Crippen LogP) is 2.99. The molecule has 3 rings (SSSR count). The third-order valence-electron chi connectivity index (χ3n) is 3.80. The number of hydrogen-bond acceptors (Lipinski definition) is 4. The molecule has 0 aliphatic carbocycles. The first-order valence-corrected chi connectivity index (χ1v) is 10.1. The minimum Gasteiger partial charge on any atom is -0.322 e. The van der Waals surface area contributed by atoms with Crippen LogP contribution < -0.4 is 5.32 Å². The highest BCUT2D eigenvalue weighted by Crippen LogP contribution is 2.15. The smallest absolute Gasteiger partial charge is 0.248 e. The summed E-state index contributed by atoms with van der Waals surface area (Å²) in [7, 11) is -3.32. The van der Waals surface area contributed by atoms with E-state index in [1.54, 1.807) is 29.1 Å². The number of carbonyl (C=O) groups is 1. The molecule has 7 heteroatoms. The summed E-state index contributed by atoms with van der Waals surface area (Å²) < 4.78 is 25.0. The van der Waals surface area contributed by atoms with E-state index in [1.807, 2.05) is 36.5 Å². The van der Waals surface area contributed by atoms with Crippen molar-refractivity contribution in [1.29, 1.82) is 0 Å². The molecule has 0 bridgehead atoms. The number of nitrogens with one attached hydrogen (secondary N) is 1. The summed E-state index contributed by atoms with van der Waals surface area (Å²) in [4.78, 5) is 12.2. The first-order valence-electron chi connectivity index (χ1n) is 8.26. The van der Waals surface area contributed by atoms with Crippen LogP contribution in [0.3, 0.4) is 0 Å². The number of aromatic nitrogens is 2. The lowest BCUT2D eigenvalue weighted by atomic mass is 10.2. The van der Waals surface area contributed by atoms with E-state index in [1.165, 1.54) is 18.2 Å². The van der Waals surface area contributed by atoms with Gasteiger partial charge < -0.3 is 5.32 Å². The van der Waals surface area contributed by atoms with E-state index in [0.29, 0.717) is 12.2 Å². The third-order valence-corrected chi connectivity index (χ3v) is 4.91. The van der Waals surface area contributed by atoms with Gasteiger partial charge >= 0.3 is 0 Å². The van der Waals surface area contributed by atoms with Crippen LogP contribution in [0.4, 0.5) is 5.69 Å². The van der Waals surface area contributed by atoms with E-state index in [0.717, 1.165) is 17.4 Å². The maximum atomic E-state index is 12.1. The first kappa shape index (κ1) is 18.6. The van der Waals surface area contributed by atoms with Gasteiger partial charge in [0, 0.05) is 29.8 Å². The van der Waals surface area contributed by atoms with E-state index in [9.17, 15) is 13.2 Å². The van der Waals surface area contributed by atoms with Gasteiger partial charge in [-0.3, -0.25) is 9.48 Å². The maximum Gasteiger partial charge on any atom is 0.248 e. The number of anilines is 1. The molecule has 0 spiro atoms. The number of benzene rings is 2. The zero-order valence-corrected chi connectivity index (χ0v) is 15.6. The number of amides is 1. The number of sulfone groups is 1. The standard InChI is InChI=1S/C20H19N3O3S/c1-27(25,26)19-9-5-8-18(12-19)22-20(24)11-10-17-13-21-23(15-17)14-16-6-3-2-4-7-16/h2-13,15H,14H2,1H3,(H,22,24)/b11-10+. The van der Waals surface area contributed by atoms with Crippen LogP contribution in [0.1, 0.15) is 11.1 Å². The highest BCUT2D eigenvalue weighted by atomic mass is 32.2. The number of hydrogen-bond donors (Lipinski definition) is 1. The van der Waals surface area contributed by atoms with Gasteiger partial charge in [-0.15, -0.1) is 0 Å². The van der Waals surface area contributed by atoms with Crippen LogP contribution >= 0.6 is 0 Å². The molecule has 1 aromatic heterocycles. The molecule has 0 atom stereocenters. The van der Waals surface area contributed by atoms with Crippen molar-refractivity contribution in [2.24, 2.45) is 0 Å². The van der Waals surface area contributed by atoms with Gasteiger partial charge in [0.1, 0.15) is 0 Å². The van der Waals surface area contributed by atoms with Crippen LogP contribution in [0.2, 0.25) is 0 Å². The molecule has 1 heterocycles. The minimum absolute atomic E-state index is 0.159. The molecule has 0 saturated carbocycles. The van der Waals surface area contributed by atoms with E-state index in [2.05, 4.69) is 10.4 Å². The van der Waals surface area contributed by atoms with Crippen molar-refractivity contribution in [2.75, 3.05) is 11.6 Å². The second-order valence-electron chi connectivity index (χ2n) is 6.08. The van der Waals surface area contributed by atoms with Gasteiger partial charge in [0.25, 0.3) is 0 Å². The molecule has 2 aromatic carbocycles. The summed E-state index contributed by atoms with van der Waals surface area (Å²) in [5.74, 6) is -0.350.